The molecule has 20 heavy (non-hydrogen) atoms. The number of halogens is 3. The van der Waals surface area contributed by atoms with Gasteiger partial charge in [-0.25, -0.2) is 0 Å². The van der Waals surface area contributed by atoms with E-state index in [2.05, 4.69) is 10.6 Å². The molecule has 0 aliphatic carbocycles. The molecule has 0 heterocycles. The predicted octanol–water partition coefficient (Wildman–Crippen LogP) is 1.61. The summed E-state index contributed by atoms with van der Waals surface area (Å²) in [6, 6.07) is 4.04. The molecule has 112 valence electrons. The van der Waals surface area contributed by atoms with E-state index in [1.54, 1.807) is 19.1 Å². The number of carbonyl (C=O) groups excluding carboxylic acids is 2. The first kappa shape index (κ1) is 19.0. The van der Waals surface area contributed by atoms with E-state index in [-0.39, 0.29) is 33.9 Å². The Morgan fingerprint density at radius 2 is 2.00 bits per heavy atom. The highest BCUT2D eigenvalue weighted by Crippen LogP contribution is 2.25. The number of benzene rings is 1. The summed E-state index contributed by atoms with van der Waals surface area (Å²) in [5.74, 6) is -0.764. The van der Waals surface area contributed by atoms with Crippen molar-refractivity contribution < 1.29 is 9.59 Å². The third-order valence-electron chi connectivity index (χ3n) is 2.38. The van der Waals surface area contributed by atoms with Gasteiger partial charge >= 0.3 is 0 Å². The van der Waals surface area contributed by atoms with Gasteiger partial charge in [-0.2, -0.15) is 0 Å². The second kappa shape index (κ2) is 9.02. The first-order valence-electron chi connectivity index (χ1n) is 5.70. The van der Waals surface area contributed by atoms with Gasteiger partial charge in [0.25, 0.3) is 5.91 Å². The number of rotatable bonds is 5. The molecular weight excluding hydrogens is 325 g/mol. The Morgan fingerprint density at radius 3 is 2.60 bits per heavy atom. The molecule has 0 aromatic heterocycles. The standard InChI is InChI=1S/C12H15Cl2N3O2.ClH/c1-7(11(18)16-6-5-15)17-12(19)8-3-2-4-9(13)10(8)14;/h2-4,7H,5-6,15H2,1H3,(H,16,18)(H,17,19);1H. The molecule has 0 fully saturated rings. The fourth-order valence-electron chi connectivity index (χ4n) is 1.37. The monoisotopic (exact) mass is 339 g/mol. The lowest BCUT2D eigenvalue weighted by molar-refractivity contribution is -0.122. The van der Waals surface area contributed by atoms with Crippen molar-refractivity contribution in [3.8, 4) is 0 Å². The average Bonchev–Trinajstić information content (AvgIpc) is 2.38. The summed E-state index contributed by atoms with van der Waals surface area (Å²) < 4.78 is 0. The largest absolute Gasteiger partial charge is 0.353 e. The van der Waals surface area contributed by atoms with Gasteiger partial charge in [-0.15, -0.1) is 12.4 Å². The molecule has 0 aliphatic rings. The van der Waals surface area contributed by atoms with Gasteiger partial charge in [0, 0.05) is 13.1 Å². The van der Waals surface area contributed by atoms with Crippen molar-refractivity contribution in [3.63, 3.8) is 0 Å². The van der Waals surface area contributed by atoms with Gasteiger partial charge < -0.3 is 16.4 Å². The molecule has 0 bridgehead atoms. The first-order chi connectivity index (χ1) is 8.97. The quantitative estimate of drug-likeness (QED) is 0.761. The Kier molecular flexibility index (Phi) is 8.57. The summed E-state index contributed by atoms with van der Waals surface area (Å²) in [5, 5.41) is 5.57. The zero-order valence-corrected chi connectivity index (χ0v) is 13.1. The van der Waals surface area contributed by atoms with Gasteiger partial charge in [0.15, 0.2) is 0 Å². The van der Waals surface area contributed by atoms with Crippen LogP contribution in [0.5, 0.6) is 0 Å². The summed E-state index contributed by atoms with van der Waals surface area (Å²) >= 11 is 11.7. The fourth-order valence-corrected chi connectivity index (χ4v) is 1.75. The first-order valence-corrected chi connectivity index (χ1v) is 6.45. The lowest BCUT2D eigenvalue weighted by Gasteiger charge is -2.14. The smallest absolute Gasteiger partial charge is 0.253 e. The van der Waals surface area contributed by atoms with Gasteiger partial charge in [0.2, 0.25) is 5.91 Å². The van der Waals surface area contributed by atoms with E-state index in [1.165, 1.54) is 6.07 Å². The lowest BCUT2D eigenvalue weighted by Crippen LogP contribution is -2.46. The normalized spacial score (nSPS) is 11.2. The van der Waals surface area contributed by atoms with Gasteiger partial charge in [0.05, 0.1) is 15.6 Å². The Balaban J connectivity index is 0.00000361. The predicted molar refractivity (Wildman–Crippen MR) is 82.7 cm³/mol. The van der Waals surface area contributed by atoms with E-state index >= 15 is 0 Å². The highest BCUT2D eigenvalue weighted by Gasteiger charge is 2.18. The molecule has 1 unspecified atom stereocenters. The van der Waals surface area contributed by atoms with E-state index in [9.17, 15) is 9.59 Å². The highest BCUT2D eigenvalue weighted by molar-refractivity contribution is 6.43. The minimum Gasteiger partial charge on any atom is -0.353 e. The molecule has 0 saturated heterocycles. The molecular formula is C12H16Cl3N3O2. The number of carbonyl (C=O) groups is 2. The molecule has 1 atom stereocenters. The molecule has 1 aromatic carbocycles. The van der Waals surface area contributed by atoms with E-state index < -0.39 is 11.9 Å². The van der Waals surface area contributed by atoms with Gasteiger partial charge in [-0.1, -0.05) is 29.3 Å². The molecule has 1 rings (SSSR count). The number of nitrogens with two attached hydrogens (primary N) is 1. The molecule has 0 spiro atoms. The number of amides is 2. The van der Waals surface area contributed by atoms with E-state index in [4.69, 9.17) is 28.9 Å². The van der Waals surface area contributed by atoms with Crippen LogP contribution in [-0.2, 0) is 4.79 Å². The Morgan fingerprint density at radius 1 is 1.35 bits per heavy atom. The second-order valence-corrected chi connectivity index (χ2v) is 4.66. The van der Waals surface area contributed by atoms with Crippen LogP contribution in [0.2, 0.25) is 10.0 Å². The molecule has 1 aromatic rings. The highest BCUT2D eigenvalue weighted by atomic mass is 35.5. The third kappa shape index (κ3) is 5.17. The van der Waals surface area contributed by atoms with Crippen LogP contribution in [0.25, 0.3) is 0 Å². The van der Waals surface area contributed by atoms with Crippen molar-refractivity contribution in [1.29, 1.82) is 0 Å². The molecule has 5 nitrogen and oxygen atoms in total. The number of hydrogen-bond acceptors (Lipinski definition) is 3. The van der Waals surface area contributed by atoms with Gasteiger partial charge in [-0.05, 0) is 19.1 Å². The summed E-state index contributed by atoms with van der Waals surface area (Å²) in [4.78, 5) is 23.5. The zero-order valence-electron chi connectivity index (χ0n) is 10.8. The maximum Gasteiger partial charge on any atom is 0.253 e. The van der Waals surface area contributed by atoms with Crippen molar-refractivity contribution in [2.75, 3.05) is 13.1 Å². The van der Waals surface area contributed by atoms with Gasteiger partial charge in [-0.3, -0.25) is 9.59 Å². The topological polar surface area (TPSA) is 84.2 Å². The van der Waals surface area contributed by atoms with Crippen LogP contribution in [0.15, 0.2) is 18.2 Å². The fraction of sp³-hybridized carbons (Fsp3) is 0.333. The summed E-state index contributed by atoms with van der Waals surface area (Å²) in [5.41, 5.74) is 5.50. The van der Waals surface area contributed by atoms with Crippen LogP contribution in [0, 0.1) is 0 Å². The van der Waals surface area contributed by atoms with Crippen molar-refractivity contribution in [2.45, 2.75) is 13.0 Å². The molecule has 8 heteroatoms. The Bertz CT molecular complexity index is 483. The molecule has 4 N–H and O–H groups in total. The maximum absolute atomic E-state index is 11.9. The van der Waals surface area contributed by atoms with Crippen LogP contribution >= 0.6 is 35.6 Å². The summed E-state index contributed by atoms with van der Waals surface area (Å²) in [7, 11) is 0. The second-order valence-electron chi connectivity index (χ2n) is 3.88. The maximum atomic E-state index is 11.9. The molecule has 2 amide bonds. The number of nitrogens with one attached hydrogen (secondary N) is 2. The van der Waals surface area contributed by atoms with Crippen molar-refractivity contribution in [2.24, 2.45) is 5.73 Å². The minimum atomic E-state index is -0.686. The molecule has 0 aliphatic heterocycles. The summed E-state index contributed by atoms with van der Waals surface area (Å²) in [6.45, 7) is 2.27. The number of hydrogen-bond donors (Lipinski definition) is 3. The van der Waals surface area contributed by atoms with E-state index in [0.717, 1.165) is 0 Å². The summed E-state index contributed by atoms with van der Waals surface area (Å²) in [6.07, 6.45) is 0. The van der Waals surface area contributed by atoms with Gasteiger partial charge in [0.1, 0.15) is 6.04 Å². The van der Waals surface area contributed by atoms with E-state index in [1.807, 2.05) is 0 Å². The van der Waals surface area contributed by atoms with Crippen molar-refractivity contribution >= 4 is 47.4 Å². The minimum absolute atomic E-state index is 0. The lowest BCUT2D eigenvalue weighted by atomic mass is 10.2. The van der Waals surface area contributed by atoms with Crippen LogP contribution in [-0.4, -0.2) is 30.9 Å². The van der Waals surface area contributed by atoms with Crippen molar-refractivity contribution in [3.05, 3.63) is 33.8 Å². The van der Waals surface area contributed by atoms with Crippen LogP contribution in [0.3, 0.4) is 0 Å². The Labute approximate surface area is 133 Å². The van der Waals surface area contributed by atoms with Crippen LogP contribution in [0.4, 0.5) is 0 Å². The molecule has 0 saturated carbocycles. The van der Waals surface area contributed by atoms with Crippen molar-refractivity contribution in [1.82, 2.24) is 10.6 Å². The molecule has 0 radical (unpaired) electrons. The SMILES string of the molecule is CC(NC(=O)c1cccc(Cl)c1Cl)C(=O)NCCN.Cl. The van der Waals surface area contributed by atoms with E-state index in [0.29, 0.717) is 13.1 Å². The third-order valence-corrected chi connectivity index (χ3v) is 3.20. The van der Waals surface area contributed by atoms with Crippen LogP contribution in [0.1, 0.15) is 17.3 Å². The zero-order chi connectivity index (χ0) is 14.4. The average molecular weight is 341 g/mol. The van der Waals surface area contributed by atoms with Crippen LogP contribution < -0.4 is 16.4 Å². The Hall–Kier alpha value is -1.01.